The van der Waals surface area contributed by atoms with Crippen LogP contribution in [0.5, 0.6) is 0 Å². The second-order valence-corrected chi connectivity index (χ2v) is 5.84. The molecule has 0 aliphatic rings. The van der Waals surface area contributed by atoms with Crippen molar-refractivity contribution in [1.82, 2.24) is 9.97 Å². The Balaban J connectivity index is 2.26. The quantitative estimate of drug-likeness (QED) is 0.797. The van der Waals surface area contributed by atoms with Gasteiger partial charge in [0.25, 0.3) is 0 Å². The third-order valence-electron chi connectivity index (χ3n) is 2.15. The summed E-state index contributed by atoms with van der Waals surface area (Å²) in [5.74, 6) is 0.550. The van der Waals surface area contributed by atoms with Gasteiger partial charge in [-0.15, -0.1) is 0 Å². The van der Waals surface area contributed by atoms with Crippen molar-refractivity contribution in [2.24, 2.45) is 0 Å². The van der Waals surface area contributed by atoms with Gasteiger partial charge in [-0.25, -0.2) is 9.97 Å². The summed E-state index contributed by atoms with van der Waals surface area (Å²) in [6, 6.07) is 5.39. The zero-order valence-electron chi connectivity index (χ0n) is 9.95. The largest absolute Gasteiger partial charge is 0.354 e. The molecule has 0 aliphatic heterocycles. The van der Waals surface area contributed by atoms with E-state index in [1.54, 1.807) is 18.3 Å². The van der Waals surface area contributed by atoms with Crippen LogP contribution in [-0.4, -0.2) is 16.5 Å². The molecule has 2 rings (SSSR count). The van der Waals surface area contributed by atoms with Crippen LogP contribution in [0.4, 0.5) is 5.95 Å². The molecule has 2 aromatic rings. The SMILES string of the molecule is CCNc1ncc(Cl)c(Sc2ccc(Cl)c(Cl)c2)n1. The summed E-state index contributed by atoms with van der Waals surface area (Å²) >= 11 is 19.4. The van der Waals surface area contributed by atoms with Gasteiger partial charge in [-0.1, -0.05) is 46.6 Å². The summed E-state index contributed by atoms with van der Waals surface area (Å²) < 4.78 is 0. The first-order valence-electron chi connectivity index (χ1n) is 5.49. The number of rotatable bonds is 4. The predicted molar refractivity (Wildman–Crippen MR) is 81.8 cm³/mol. The monoisotopic (exact) mass is 333 g/mol. The minimum Gasteiger partial charge on any atom is -0.354 e. The lowest BCUT2D eigenvalue weighted by Crippen LogP contribution is -2.02. The molecule has 0 aliphatic carbocycles. The molecule has 0 spiro atoms. The maximum atomic E-state index is 6.08. The summed E-state index contributed by atoms with van der Waals surface area (Å²) in [5.41, 5.74) is 0. The molecule has 1 N–H and O–H groups in total. The fourth-order valence-corrected chi connectivity index (χ4v) is 2.71. The lowest BCUT2D eigenvalue weighted by Gasteiger charge is -2.07. The highest BCUT2D eigenvalue weighted by atomic mass is 35.5. The molecule has 0 amide bonds. The minimum absolute atomic E-state index is 0.498. The second kappa shape index (κ2) is 6.66. The first-order chi connectivity index (χ1) is 9.10. The number of hydrogen-bond acceptors (Lipinski definition) is 4. The van der Waals surface area contributed by atoms with Crippen LogP contribution < -0.4 is 5.32 Å². The van der Waals surface area contributed by atoms with E-state index >= 15 is 0 Å². The van der Waals surface area contributed by atoms with Crippen LogP contribution >= 0.6 is 46.6 Å². The van der Waals surface area contributed by atoms with Gasteiger partial charge in [0.2, 0.25) is 5.95 Å². The smallest absolute Gasteiger partial charge is 0.223 e. The number of hydrogen-bond donors (Lipinski definition) is 1. The summed E-state index contributed by atoms with van der Waals surface area (Å²) in [7, 11) is 0. The molecule has 100 valence electrons. The molecule has 0 radical (unpaired) electrons. The number of anilines is 1. The number of aromatic nitrogens is 2. The average molecular weight is 335 g/mol. The molecular formula is C12H10Cl3N3S. The van der Waals surface area contributed by atoms with Crippen molar-refractivity contribution < 1.29 is 0 Å². The number of benzene rings is 1. The predicted octanol–water partition coefficient (Wildman–Crippen LogP) is 5.02. The van der Waals surface area contributed by atoms with E-state index in [0.29, 0.717) is 26.0 Å². The van der Waals surface area contributed by atoms with E-state index < -0.39 is 0 Å². The van der Waals surface area contributed by atoms with Gasteiger partial charge in [0.15, 0.2) is 0 Å². The highest BCUT2D eigenvalue weighted by Crippen LogP contribution is 2.34. The Morgan fingerprint density at radius 2 is 1.95 bits per heavy atom. The topological polar surface area (TPSA) is 37.8 Å². The van der Waals surface area contributed by atoms with Crippen LogP contribution in [0.3, 0.4) is 0 Å². The third-order valence-corrected chi connectivity index (χ3v) is 4.27. The lowest BCUT2D eigenvalue weighted by atomic mass is 10.4. The van der Waals surface area contributed by atoms with E-state index in [0.717, 1.165) is 11.4 Å². The van der Waals surface area contributed by atoms with E-state index in [9.17, 15) is 0 Å². The molecule has 1 aromatic heterocycles. The number of nitrogens with zero attached hydrogens (tertiary/aromatic N) is 2. The van der Waals surface area contributed by atoms with Gasteiger partial charge in [-0.05, 0) is 25.1 Å². The lowest BCUT2D eigenvalue weighted by molar-refractivity contribution is 1.01. The normalized spacial score (nSPS) is 10.5. The van der Waals surface area contributed by atoms with Gasteiger partial charge in [-0.3, -0.25) is 0 Å². The Morgan fingerprint density at radius 3 is 2.63 bits per heavy atom. The van der Waals surface area contributed by atoms with Gasteiger partial charge in [-0.2, -0.15) is 0 Å². The van der Waals surface area contributed by atoms with Crippen LogP contribution in [0, 0.1) is 0 Å². The van der Waals surface area contributed by atoms with Gasteiger partial charge >= 0.3 is 0 Å². The molecule has 0 fully saturated rings. The average Bonchev–Trinajstić information content (AvgIpc) is 2.38. The highest BCUT2D eigenvalue weighted by Gasteiger charge is 2.08. The molecular weight excluding hydrogens is 325 g/mol. The Labute approximate surface area is 130 Å². The maximum Gasteiger partial charge on any atom is 0.223 e. The molecule has 3 nitrogen and oxygen atoms in total. The molecule has 19 heavy (non-hydrogen) atoms. The minimum atomic E-state index is 0.498. The van der Waals surface area contributed by atoms with Crippen molar-refractivity contribution in [1.29, 1.82) is 0 Å². The maximum absolute atomic E-state index is 6.08. The molecule has 0 unspecified atom stereocenters. The Kier molecular flexibility index (Phi) is 5.16. The van der Waals surface area contributed by atoms with Crippen molar-refractivity contribution in [2.75, 3.05) is 11.9 Å². The first kappa shape index (κ1) is 14.7. The van der Waals surface area contributed by atoms with Crippen molar-refractivity contribution >= 4 is 52.5 Å². The van der Waals surface area contributed by atoms with Crippen LogP contribution in [0.1, 0.15) is 6.92 Å². The summed E-state index contributed by atoms with van der Waals surface area (Å²) in [6.07, 6.45) is 1.58. The zero-order chi connectivity index (χ0) is 13.8. The van der Waals surface area contributed by atoms with E-state index in [-0.39, 0.29) is 0 Å². The van der Waals surface area contributed by atoms with Gasteiger partial charge < -0.3 is 5.32 Å². The van der Waals surface area contributed by atoms with E-state index in [1.807, 2.05) is 13.0 Å². The van der Waals surface area contributed by atoms with Crippen LogP contribution in [0.15, 0.2) is 34.3 Å². The summed E-state index contributed by atoms with van der Waals surface area (Å²) in [5, 5.41) is 5.24. The number of nitrogens with one attached hydrogen (secondary N) is 1. The third kappa shape index (κ3) is 3.89. The van der Waals surface area contributed by atoms with Crippen LogP contribution in [-0.2, 0) is 0 Å². The fraction of sp³-hybridized carbons (Fsp3) is 0.167. The van der Waals surface area contributed by atoms with Gasteiger partial charge in [0, 0.05) is 11.4 Å². The standard InChI is InChI=1S/C12H10Cl3N3S/c1-2-16-12-17-6-10(15)11(18-12)19-7-3-4-8(13)9(14)5-7/h3-6H,2H2,1H3,(H,16,17,18). The summed E-state index contributed by atoms with van der Waals surface area (Å²) in [4.78, 5) is 9.34. The molecule has 7 heteroatoms. The molecule has 1 heterocycles. The van der Waals surface area contributed by atoms with Crippen LogP contribution in [0.25, 0.3) is 0 Å². The van der Waals surface area contributed by atoms with Crippen LogP contribution in [0.2, 0.25) is 15.1 Å². The second-order valence-electron chi connectivity index (χ2n) is 3.56. The Morgan fingerprint density at radius 1 is 1.16 bits per heavy atom. The molecule has 0 saturated heterocycles. The van der Waals surface area contributed by atoms with E-state index in [2.05, 4.69) is 15.3 Å². The number of halogens is 3. The van der Waals surface area contributed by atoms with E-state index in [1.165, 1.54) is 11.8 Å². The van der Waals surface area contributed by atoms with Crippen molar-refractivity contribution in [3.63, 3.8) is 0 Å². The van der Waals surface area contributed by atoms with Gasteiger partial charge in [0.1, 0.15) is 5.03 Å². The molecule has 0 saturated carbocycles. The fourth-order valence-electron chi connectivity index (χ4n) is 1.32. The van der Waals surface area contributed by atoms with Crippen molar-refractivity contribution in [3.8, 4) is 0 Å². The van der Waals surface area contributed by atoms with E-state index in [4.69, 9.17) is 34.8 Å². The molecule has 1 aromatic carbocycles. The zero-order valence-corrected chi connectivity index (χ0v) is 13.0. The van der Waals surface area contributed by atoms with Crippen molar-refractivity contribution in [3.05, 3.63) is 39.5 Å². The summed E-state index contributed by atoms with van der Waals surface area (Å²) in [6.45, 7) is 2.72. The molecule has 0 bridgehead atoms. The van der Waals surface area contributed by atoms with Crippen molar-refractivity contribution in [2.45, 2.75) is 16.8 Å². The Bertz CT molecular complexity index is 592. The first-order valence-corrected chi connectivity index (χ1v) is 7.44. The van der Waals surface area contributed by atoms with Gasteiger partial charge in [0.05, 0.1) is 21.3 Å². The Hall–Kier alpha value is -0.680. The highest BCUT2D eigenvalue weighted by molar-refractivity contribution is 7.99. The molecule has 0 atom stereocenters.